The molecule has 0 spiro atoms. The third-order valence-corrected chi connectivity index (χ3v) is 4.56. The van der Waals surface area contributed by atoms with Crippen molar-refractivity contribution in [2.24, 2.45) is 0 Å². The van der Waals surface area contributed by atoms with Gasteiger partial charge in [-0.05, 0) is 30.7 Å². The molecule has 2 rings (SSSR count). The maximum absolute atomic E-state index is 11.9. The number of carbonyl (C=O) groups is 2. The minimum Gasteiger partial charge on any atom is -0.455 e. The van der Waals surface area contributed by atoms with Gasteiger partial charge in [-0.25, -0.2) is 0 Å². The van der Waals surface area contributed by atoms with E-state index in [4.69, 9.17) is 21.6 Å². The molecule has 0 aliphatic heterocycles. The lowest BCUT2D eigenvalue weighted by atomic mass is 10.2. The van der Waals surface area contributed by atoms with Crippen LogP contribution in [0.25, 0.3) is 0 Å². The first kappa shape index (κ1) is 19.8. The lowest BCUT2D eigenvalue weighted by Gasteiger charge is -2.08. The number of thioether (sulfide) groups is 1. The van der Waals surface area contributed by atoms with Gasteiger partial charge in [0.1, 0.15) is 6.07 Å². The van der Waals surface area contributed by atoms with Crippen molar-refractivity contribution in [3.05, 3.63) is 64.2 Å². The highest BCUT2D eigenvalue weighted by molar-refractivity contribution is 7.99. The minimum atomic E-state index is -0.527. The van der Waals surface area contributed by atoms with Gasteiger partial charge in [-0.3, -0.25) is 9.59 Å². The average molecular weight is 389 g/mol. The van der Waals surface area contributed by atoms with E-state index in [-0.39, 0.29) is 17.0 Å². The van der Waals surface area contributed by atoms with Crippen LogP contribution >= 0.6 is 23.4 Å². The van der Waals surface area contributed by atoms with Gasteiger partial charge in [0.2, 0.25) is 0 Å². The van der Waals surface area contributed by atoms with E-state index in [9.17, 15) is 9.59 Å². The van der Waals surface area contributed by atoms with Crippen LogP contribution in [0.4, 0.5) is 5.69 Å². The van der Waals surface area contributed by atoms with Crippen molar-refractivity contribution in [2.45, 2.75) is 12.7 Å². The van der Waals surface area contributed by atoms with Crippen LogP contribution < -0.4 is 5.32 Å². The molecule has 1 amide bonds. The van der Waals surface area contributed by atoms with E-state index in [2.05, 4.69) is 5.32 Å². The van der Waals surface area contributed by atoms with Crippen molar-refractivity contribution in [1.82, 2.24) is 0 Å². The van der Waals surface area contributed by atoms with Crippen molar-refractivity contribution in [3.63, 3.8) is 0 Å². The van der Waals surface area contributed by atoms with Crippen LogP contribution in [0.3, 0.4) is 0 Å². The number of benzene rings is 2. The molecule has 134 valence electrons. The van der Waals surface area contributed by atoms with Gasteiger partial charge in [0.25, 0.3) is 5.91 Å². The van der Waals surface area contributed by atoms with Crippen LogP contribution in [0.15, 0.2) is 42.5 Å². The van der Waals surface area contributed by atoms with E-state index < -0.39 is 18.5 Å². The molecule has 26 heavy (non-hydrogen) atoms. The molecule has 0 fully saturated rings. The summed E-state index contributed by atoms with van der Waals surface area (Å²) in [7, 11) is 0. The number of hydrogen-bond donors (Lipinski definition) is 1. The summed E-state index contributed by atoms with van der Waals surface area (Å²) < 4.78 is 4.95. The molecule has 0 aliphatic rings. The predicted molar refractivity (Wildman–Crippen MR) is 103 cm³/mol. The fourth-order valence-electron chi connectivity index (χ4n) is 2.03. The van der Waals surface area contributed by atoms with Crippen molar-refractivity contribution < 1.29 is 14.3 Å². The number of carbonyl (C=O) groups excluding carboxylic acids is 2. The molecule has 2 aromatic rings. The lowest BCUT2D eigenvalue weighted by Crippen LogP contribution is -2.22. The van der Waals surface area contributed by atoms with Crippen molar-refractivity contribution in [1.29, 1.82) is 5.26 Å². The average Bonchev–Trinajstić information content (AvgIpc) is 2.62. The van der Waals surface area contributed by atoms with Crippen LogP contribution in [0.1, 0.15) is 16.7 Å². The van der Waals surface area contributed by atoms with Gasteiger partial charge in [0.05, 0.1) is 17.0 Å². The van der Waals surface area contributed by atoms with E-state index in [0.29, 0.717) is 10.8 Å². The summed E-state index contributed by atoms with van der Waals surface area (Å²) in [5.41, 5.74) is 2.87. The maximum atomic E-state index is 11.9. The Labute approximate surface area is 161 Å². The first-order valence-electron chi connectivity index (χ1n) is 7.76. The van der Waals surface area contributed by atoms with Gasteiger partial charge < -0.3 is 10.1 Å². The van der Waals surface area contributed by atoms with Gasteiger partial charge in [0, 0.05) is 10.8 Å². The van der Waals surface area contributed by atoms with Crippen LogP contribution in [-0.2, 0) is 20.1 Å². The van der Waals surface area contributed by atoms with Crippen LogP contribution in [0, 0.1) is 18.3 Å². The highest BCUT2D eigenvalue weighted by Gasteiger charge is 2.11. The van der Waals surface area contributed by atoms with Crippen molar-refractivity contribution in [2.75, 3.05) is 17.7 Å². The molecular weight excluding hydrogens is 372 g/mol. The second-order valence-electron chi connectivity index (χ2n) is 5.49. The van der Waals surface area contributed by atoms with E-state index in [1.165, 1.54) is 29.5 Å². The molecule has 0 heterocycles. The first-order chi connectivity index (χ1) is 12.5. The Morgan fingerprint density at radius 1 is 1.23 bits per heavy atom. The monoisotopic (exact) mass is 388 g/mol. The number of aryl methyl sites for hydroxylation is 1. The Hall–Kier alpha value is -2.49. The Kier molecular flexibility index (Phi) is 7.52. The number of anilines is 1. The maximum Gasteiger partial charge on any atom is 0.316 e. The Bertz CT molecular complexity index is 832. The fourth-order valence-corrected chi connectivity index (χ4v) is 2.98. The number of rotatable bonds is 7. The minimum absolute atomic E-state index is 0.155. The molecule has 0 aliphatic carbocycles. The number of nitrogens with zero attached hydrogens (tertiary/aromatic N) is 1. The summed E-state index contributed by atoms with van der Waals surface area (Å²) >= 11 is 7.27. The quantitative estimate of drug-likeness (QED) is 0.727. The highest BCUT2D eigenvalue weighted by atomic mass is 35.5. The summed E-state index contributed by atoms with van der Waals surface area (Å²) in [6, 6.07) is 14.5. The molecule has 5 nitrogen and oxygen atoms in total. The van der Waals surface area contributed by atoms with Gasteiger partial charge in [-0.2, -0.15) is 5.26 Å². The van der Waals surface area contributed by atoms with Crippen LogP contribution in [0.5, 0.6) is 0 Å². The van der Waals surface area contributed by atoms with Crippen LogP contribution in [0.2, 0.25) is 5.02 Å². The molecule has 7 heteroatoms. The molecule has 0 saturated heterocycles. The van der Waals surface area contributed by atoms with Gasteiger partial charge in [0.15, 0.2) is 6.61 Å². The Balaban J connectivity index is 1.73. The summed E-state index contributed by atoms with van der Waals surface area (Å²) in [5.74, 6) is -0.151. The fraction of sp³-hybridized carbons (Fsp3) is 0.211. The normalized spacial score (nSPS) is 10.0. The Morgan fingerprint density at radius 3 is 2.65 bits per heavy atom. The number of amides is 1. The topological polar surface area (TPSA) is 79.2 Å². The highest BCUT2D eigenvalue weighted by Crippen LogP contribution is 2.20. The third-order valence-electron chi connectivity index (χ3n) is 3.35. The molecule has 2 aromatic carbocycles. The SMILES string of the molecule is Cc1ccc(CSCC(=O)OCC(=O)Nc2cc(Cl)ccc2C#N)cc1. The first-order valence-corrected chi connectivity index (χ1v) is 9.29. The standard InChI is InChI=1S/C19H17ClN2O3S/c1-13-2-4-14(5-3-13)11-26-12-19(24)25-10-18(23)22-17-8-16(20)7-6-15(17)9-21/h2-8H,10-12H2,1H3,(H,22,23). The van der Waals surface area contributed by atoms with Gasteiger partial charge in [-0.1, -0.05) is 41.4 Å². The van der Waals surface area contributed by atoms with E-state index in [1.54, 1.807) is 6.07 Å². The number of nitrogens with one attached hydrogen (secondary N) is 1. The molecular formula is C19H17ClN2O3S. The van der Waals surface area contributed by atoms with Crippen molar-refractivity contribution in [3.8, 4) is 6.07 Å². The second kappa shape index (κ2) is 9.85. The van der Waals surface area contributed by atoms with Crippen molar-refractivity contribution >= 4 is 40.9 Å². The summed E-state index contributed by atoms with van der Waals surface area (Å²) in [6.45, 7) is 1.60. The summed E-state index contributed by atoms with van der Waals surface area (Å²) in [5, 5.41) is 11.9. The predicted octanol–water partition coefficient (Wildman–Crippen LogP) is 3.94. The molecule has 0 radical (unpaired) electrons. The number of halogens is 1. The number of hydrogen-bond acceptors (Lipinski definition) is 5. The zero-order valence-corrected chi connectivity index (χ0v) is 15.7. The Morgan fingerprint density at radius 2 is 1.96 bits per heavy atom. The second-order valence-corrected chi connectivity index (χ2v) is 6.91. The molecule has 1 N–H and O–H groups in total. The molecule has 0 saturated carbocycles. The third kappa shape index (κ3) is 6.43. The number of nitriles is 1. The van der Waals surface area contributed by atoms with Gasteiger partial charge >= 0.3 is 5.97 Å². The number of esters is 1. The zero-order chi connectivity index (χ0) is 18.9. The van der Waals surface area contributed by atoms with E-state index in [0.717, 1.165) is 5.56 Å². The number of ether oxygens (including phenoxy) is 1. The van der Waals surface area contributed by atoms with E-state index >= 15 is 0 Å². The largest absolute Gasteiger partial charge is 0.455 e. The molecule has 0 bridgehead atoms. The summed E-state index contributed by atoms with van der Waals surface area (Å²) in [4.78, 5) is 23.6. The zero-order valence-electron chi connectivity index (χ0n) is 14.1. The smallest absolute Gasteiger partial charge is 0.316 e. The molecule has 0 unspecified atom stereocenters. The van der Waals surface area contributed by atoms with Crippen LogP contribution in [-0.4, -0.2) is 24.2 Å². The molecule has 0 aromatic heterocycles. The lowest BCUT2D eigenvalue weighted by molar-refractivity contribution is -0.144. The summed E-state index contributed by atoms with van der Waals surface area (Å²) in [6.07, 6.45) is 0. The van der Waals surface area contributed by atoms with E-state index in [1.807, 2.05) is 37.3 Å². The molecule has 0 atom stereocenters. The van der Waals surface area contributed by atoms with Gasteiger partial charge in [-0.15, -0.1) is 11.8 Å².